The van der Waals surface area contributed by atoms with Crippen LogP contribution in [0.25, 0.3) is 0 Å². The van der Waals surface area contributed by atoms with Crippen LogP contribution in [0.1, 0.15) is 117 Å². The Balaban J connectivity index is 2.18. The van der Waals surface area contributed by atoms with Gasteiger partial charge in [0.2, 0.25) is 0 Å². The molecule has 55 heavy (non-hydrogen) atoms. The van der Waals surface area contributed by atoms with Gasteiger partial charge in [0.25, 0.3) is 0 Å². The Morgan fingerprint density at radius 3 is 1.47 bits per heavy atom. The van der Waals surface area contributed by atoms with E-state index in [-0.39, 0.29) is 19.4 Å². The molecule has 0 radical (unpaired) electrons. The van der Waals surface area contributed by atoms with Crippen molar-refractivity contribution >= 4 is 19.8 Å². The zero-order valence-corrected chi connectivity index (χ0v) is 34.1. The molecule has 306 valence electrons. The summed E-state index contributed by atoms with van der Waals surface area (Å²) in [5, 5.41) is 0. The fourth-order valence-corrected chi connectivity index (χ4v) is 5.25. The monoisotopic (exact) mass is 782 g/mol. The minimum atomic E-state index is -4.80. The molecule has 10 heteroatoms. The van der Waals surface area contributed by atoms with E-state index < -0.39 is 32.5 Å². The topological polar surface area (TPSA) is 132 Å². The zero-order chi connectivity index (χ0) is 40.1. The first kappa shape index (κ1) is 49.4. The predicted molar refractivity (Wildman–Crippen MR) is 224 cm³/mol. The summed E-state index contributed by atoms with van der Waals surface area (Å²) in [5.41, 5.74) is 0. The van der Waals surface area contributed by atoms with Crippen LogP contribution in [0.5, 0.6) is 0 Å². The van der Waals surface area contributed by atoms with E-state index in [0.29, 0.717) is 31.5 Å². The summed E-state index contributed by atoms with van der Waals surface area (Å²) in [7, 11) is -4.80. The van der Waals surface area contributed by atoms with Crippen molar-refractivity contribution in [2.24, 2.45) is 0 Å². The van der Waals surface area contributed by atoms with Gasteiger partial charge >= 0.3 is 19.8 Å². The lowest BCUT2D eigenvalue weighted by atomic mass is 10.1. The first-order chi connectivity index (χ1) is 26.7. The van der Waals surface area contributed by atoms with Gasteiger partial charge in [-0.3, -0.25) is 14.1 Å². The molecule has 1 aliphatic rings. The Bertz CT molecular complexity index is 1360. The van der Waals surface area contributed by atoms with Gasteiger partial charge in [-0.2, -0.15) is 0 Å². The number of hydrogen-bond donors (Lipinski definition) is 2. The number of hydrogen-bond acceptors (Lipinski definition) is 7. The molecule has 1 rings (SSSR count). The number of epoxide rings is 1. The lowest BCUT2D eigenvalue weighted by Crippen LogP contribution is -2.29. The second kappa shape index (κ2) is 34.9. The van der Waals surface area contributed by atoms with Gasteiger partial charge in [-0.15, -0.1) is 0 Å². The van der Waals surface area contributed by atoms with Crippen LogP contribution in [-0.4, -0.2) is 53.3 Å². The van der Waals surface area contributed by atoms with Crippen molar-refractivity contribution in [3.05, 3.63) is 122 Å². The zero-order valence-electron chi connectivity index (χ0n) is 33.2. The Labute approximate surface area is 331 Å². The fraction of sp³-hybridized carbons (Fsp3) is 0.511. The summed E-state index contributed by atoms with van der Waals surface area (Å²) >= 11 is 0. The maximum atomic E-state index is 12.4. The molecule has 0 spiro atoms. The van der Waals surface area contributed by atoms with Crippen molar-refractivity contribution in [1.29, 1.82) is 0 Å². The minimum Gasteiger partial charge on any atom is -0.462 e. The molecule has 0 aliphatic carbocycles. The Morgan fingerprint density at radius 2 is 0.982 bits per heavy atom. The third-order valence-corrected chi connectivity index (χ3v) is 8.38. The quantitative estimate of drug-likeness (QED) is 0.0219. The number of carbonyl (C=O) groups is 2. The molecule has 0 saturated carbocycles. The van der Waals surface area contributed by atoms with Crippen LogP contribution in [0.3, 0.4) is 0 Å². The summed E-state index contributed by atoms with van der Waals surface area (Å²) in [5.74, 6) is -1.07. The van der Waals surface area contributed by atoms with Crippen molar-refractivity contribution in [1.82, 2.24) is 0 Å². The molecular formula is C45H67O9P. The number of phosphoric ester groups is 1. The van der Waals surface area contributed by atoms with E-state index in [0.717, 1.165) is 70.6 Å². The largest absolute Gasteiger partial charge is 0.469 e. The van der Waals surface area contributed by atoms with E-state index in [1.54, 1.807) is 0 Å². The van der Waals surface area contributed by atoms with Crippen LogP contribution in [0.2, 0.25) is 0 Å². The van der Waals surface area contributed by atoms with Crippen LogP contribution < -0.4 is 0 Å². The molecule has 1 fully saturated rings. The van der Waals surface area contributed by atoms with Crippen LogP contribution in [0.4, 0.5) is 0 Å². The lowest BCUT2D eigenvalue weighted by Gasteiger charge is -2.18. The maximum absolute atomic E-state index is 12.4. The average Bonchev–Trinajstić information content (AvgIpc) is 3.91. The predicted octanol–water partition coefficient (Wildman–Crippen LogP) is 11.2. The van der Waals surface area contributed by atoms with Gasteiger partial charge in [0, 0.05) is 12.8 Å². The molecule has 0 aromatic rings. The van der Waals surface area contributed by atoms with Gasteiger partial charge in [-0.05, 0) is 89.9 Å². The first-order valence-corrected chi connectivity index (χ1v) is 21.5. The number of rotatable bonds is 33. The van der Waals surface area contributed by atoms with E-state index in [1.165, 1.54) is 0 Å². The molecule has 0 aromatic carbocycles. The number of allylic oxidation sites excluding steroid dienone is 18. The van der Waals surface area contributed by atoms with Crippen molar-refractivity contribution in [2.45, 2.75) is 135 Å². The van der Waals surface area contributed by atoms with Gasteiger partial charge < -0.3 is 24.0 Å². The van der Waals surface area contributed by atoms with Crippen molar-refractivity contribution in [2.75, 3.05) is 13.2 Å². The molecule has 9 nitrogen and oxygen atoms in total. The summed E-state index contributed by atoms with van der Waals surface area (Å²) < 4.78 is 31.9. The van der Waals surface area contributed by atoms with E-state index >= 15 is 0 Å². The molecular weight excluding hydrogens is 715 g/mol. The van der Waals surface area contributed by atoms with E-state index in [1.807, 2.05) is 24.3 Å². The third kappa shape index (κ3) is 34.6. The van der Waals surface area contributed by atoms with Crippen molar-refractivity contribution in [3.8, 4) is 0 Å². The van der Waals surface area contributed by atoms with E-state index in [9.17, 15) is 14.2 Å². The second-order valence-electron chi connectivity index (χ2n) is 12.9. The summed E-state index contributed by atoms with van der Waals surface area (Å²) in [6.07, 6.45) is 54.1. The smallest absolute Gasteiger partial charge is 0.462 e. The van der Waals surface area contributed by atoms with Crippen LogP contribution >= 0.6 is 7.82 Å². The van der Waals surface area contributed by atoms with Gasteiger partial charge in [-0.1, -0.05) is 135 Å². The fourth-order valence-electron chi connectivity index (χ4n) is 4.89. The van der Waals surface area contributed by atoms with Crippen molar-refractivity contribution in [3.63, 3.8) is 0 Å². The van der Waals surface area contributed by atoms with Crippen LogP contribution in [-0.2, 0) is 32.9 Å². The first-order valence-electron chi connectivity index (χ1n) is 20.0. The highest BCUT2D eigenvalue weighted by Gasteiger charge is 2.35. The Morgan fingerprint density at radius 1 is 0.564 bits per heavy atom. The summed E-state index contributed by atoms with van der Waals surface area (Å²) in [6, 6.07) is 0. The number of esters is 2. The molecule has 1 saturated heterocycles. The highest BCUT2D eigenvalue weighted by molar-refractivity contribution is 7.46. The molecule has 1 heterocycles. The highest BCUT2D eigenvalue weighted by atomic mass is 31.2. The minimum absolute atomic E-state index is 0.107. The Hall–Kier alpha value is -3.59. The van der Waals surface area contributed by atoms with Crippen molar-refractivity contribution < 1.29 is 42.7 Å². The number of unbranched alkanes of at least 4 members (excludes halogenated alkanes) is 1. The maximum Gasteiger partial charge on any atom is 0.469 e. The van der Waals surface area contributed by atoms with E-state index in [2.05, 4.69) is 116 Å². The van der Waals surface area contributed by atoms with Crippen LogP contribution in [0, 0.1) is 0 Å². The molecule has 1 aliphatic heterocycles. The number of ether oxygens (including phenoxy) is 3. The van der Waals surface area contributed by atoms with Gasteiger partial charge in [0.15, 0.2) is 6.10 Å². The third-order valence-electron chi connectivity index (χ3n) is 7.89. The van der Waals surface area contributed by atoms with E-state index in [4.69, 9.17) is 24.0 Å². The second-order valence-corrected chi connectivity index (χ2v) is 14.1. The lowest BCUT2D eigenvalue weighted by molar-refractivity contribution is -0.161. The van der Waals surface area contributed by atoms with Gasteiger partial charge in [-0.25, -0.2) is 4.57 Å². The average molecular weight is 783 g/mol. The number of carbonyl (C=O) groups excluding carboxylic acids is 2. The normalized spacial score (nSPS) is 17.5. The highest BCUT2D eigenvalue weighted by Crippen LogP contribution is 2.36. The molecule has 3 atom stereocenters. The van der Waals surface area contributed by atoms with Crippen LogP contribution in [0.15, 0.2) is 122 Å². The standard InChI is InChI=1S/C45H67O9P/c1-3-5-7-8-9-10-11-12-13-14-15-16-21-24-27-30-34-38-45(47)53-41(40-52-55(48,49)50)39-51-44(46)37-33-29-26-23-20-18-17-19-22-25-28-32-36-43-42(54-43)35-31-6-4-2/h5-7,9-10,12-13,15-16,18-20,22,24,26-29,31-32,41-43H,3-4,8,11,14,17,21,23,25,30,33-40H2,1-2H3,(H2,48,49,50)/b7-5-,10-9-,13-12-,16-15-,20-18-,22-19-,27-24-,29-26-,31-6-,32-28-/t41-,42?,43?/m1/s1. The number of phosphoric acid groups is 1. The molecule has 0 aromatic heterocycles. The SMILES string of the molecule is CC/C=C\C/C=C\C/C=C\C/C=C\C/C=C\CCCC(=O)O[C@H](COC(=O)CC/C=C\C/C=C\C/C=C\C/C=C\CC1OC1C/C=C\CC)COP(=O)(O)O. The summed E-state index contributed by atoms with van der Waals surface area (Å²) in [4.78, 5) is 42.8. The molecule has 2 unspecified atom stereocenters. The Kier molecular flexibility index (Phi) is 31.3. The molecule has 0 amide bonds. The van der Waals surface area contributed by atoms with Gasteiger partial charge in [0.1, 0.15) is 6.61 Å². The molecule has 0 bridgehead atoms. The molecule has 2 N–H and O–H groups in total. The summed E-state index contributed by atoms with van der Waals surface area (Å²) in [6.45, 7) is 3.31. The van der Waals surface area contributed by atoms with Gasteiger partial charge in [0.05, 0.1) is 18.8 Å².